The van der Waals surface area contributed by atoms with Crippen molar-refractivity contribution in [3.8, 4) is 0 Å². The molecule has 1 fully saturated rings. The zero-order valence-electron chi connectivity index (χ0n) is 7.66. The Kier molecular flexibility index (Phi) is 2.31. The van der Waals surface area contributed by atoms with Gasteiger partial charge in [0.1, 0.15) is 0 Å². The molecule has 1 aromatic rings. The van der Waals surface area contributed by atoms with Crippen LogP contribution in [0.1, 0.15) is 18.5 Å². The summed E-state index contributed by atoms with van der Waals surface area (Å²) < 4.78 is 0. The van der Waals surface area contributed by atoms with Crippen molar-refractivity contribution < 1.29 is 0 Å². The second kappa shape index (κ2) is 3.46. The second-order valence-corrected chi connectivity index (χ2v) is 4.21. The summed E-state index contributed by atoms with van der Waals surface area (Å²) in [5.74, 6) is 1.30. The molecular formula is C9H13N3S. The highest BCUT2D eigenvalue weighted by molar-refractivity contribution is 7.07. The Morgan fingerprint density at radius 1 is 1.77 bits per heavy atom. The van der Waals surface area contributed by atoms with Crippen molar-refractivity contribution in [1.29, 1.82) is 5.41 Å². The number of nitrogens with zero attached hydrogens (tertiary/aromatic N) is 2. The van der Waals surface area contributed by atoms with Gasteiger partial charge < -0.3 is 4.90 Å². The van der Waals surface area contributed by atoms with Crippen LogP contribution in [0.4, 0.5) is 0 Å². The summed E-state index contributed by atoms with van der Waals surface area (Å²) >= 11 is 1.61. The summed E-state index contributed by atoms with van der Waals surface area (Å²) in [5, 5.41) is 9.85. The fourth-order valence-corrected chi connectivity index (χ4v) is 1.86. The van der Waals surface area contributed by atoms with Crippen LogP contribution in [0.2, 0.25) is 0 Å². The van der Waals surface area contributed by atoms with E-state index in [2.05, 4.69) is 4.98 Å². The number of nitrogens with one attached hydrogen (secondary N) is 1. The fraction of sp³-hybridized carbons (Fsp3) is 0.556. The topological polar surface area (TPSA) is 40.0 Å². The van der Waals surface area contributed by atoms with Crippen LogP contribution in [0.5, 0.6) is 0 Å². The highest BCUT2D eigenvalue weighted by Gasteiger charge is 2.28. The summed E-state index contributed by atoms with van der Waals surface area (Å²) in [6.07, 6.45) is 2.39. The molecule has 0 aromatic carbocycles. The Hall–Kier alpha value is -0.900. The van der Waals surface area contributed by atoms with Crippen LogP contribution in [0, 0.1) is 11.3 Å². The van der Waals surface area contributed by atoms with E-state index in [-0.39, 0.29) is 0 Å². The van der Waals surface area contributed by atoms with Gasteiger partial charge in [-0.05, 0) is 12.8 Å². The zero-order valence-corrected chi connectivity index (χ0v) is 8.47. The van der Waals surface area contributed by atoms with Crippen molar-refractivity contribution >= 4 is 17.2 Å². The van der Waals surface area contributed by atoms with Crippen molar-refractivity contribution in [2.24, 2.45) is 5.92 Å². The first-order chi connectivity index (χ1) is 6.27. The predicted molar refractivity (Wildman–Crippen MR) is 54.0 cm³/mol. The lowest BCUT2D eigenvalue weighted by Crippen LogP contribution is -2.26. The standard InChI is InChI=1S/C9H13N3S/c1-12(9(10)7-2-3-7)4-8-5-13-6-11-8/h5-7,10H,2-4H2,1H3. The first kappa shape index (κ1) is 8.69. The summed E-state index contributed by atoms with van der Waals surface area (Å²) in [7, 11) is 1.97. The first-order valence-electron chi connectivity index (χ1n) is 4.44. The monoisotopic (exact) mass is 195 g/mol. The van der Waals surface area contributed by atoms with Crippen molar-refractivity contribution in [3.05, 3.63) is 16.6 Å². The third-order valence-corrected chi connectivity index (χ3v) is 2.89. The lowest BCUT2D eigenvalue weighted by atomic mass is 10.3. The van der Waals surface area contributed by atoms with Crippen molar-refractivity contribution in [2.45, 2.75) is 19.4 Å². The molecule has 1 aromatic heterocycles. The van der Waals surface area contributed by atoms with Gasteiger partial charge in [-0.1, -0.05) is 0 Å². The molecule has 13 heavy (non-hydrogen) atoms. The normalized spacial score (nSPS) is 15.8. The Balaban J connectivity index is 1.90. The summed E-state index contributed by atoms with van der Waals surface area (Å²) in [4.78, 5) is 6.19. The highest BCUT2D eigenvalue weighted by Crippen LogP contribution is 2.31. The third-order valence-electron chi connectivity index (χ3n) is 2.26. The van der Waals surface area contributed by atoms with Gasteiger partial charge in [0.2, 0.25) is 0 Å². The average molecular weight is 195 g/mol. The molecule has 0 aliphatic heterocycles. The predicted octanol–water partition coefficient (Wildman–Crippen LogP) is 1.96. The summed E-state index contributed by atoms with van der Waals surface area (Å²) in [6.45, 7) is 0.777. The smallest absolute Gasteiger partial charge is 0.0990 e. The molecule has 1 heterocycles. The molecule has 0 bridgehead atoms. The van der Waals surface area contributed by atoms with Crippen LogP contribution in [0.25, 0.3) is 0 Å². The minimum Gasteiger partial charge on any atom is -0.357 e. The lowest BCUT2D eigenvalue weighted by Gasteiger charge is -2.18. The summed E-state index contributed by atoms with van der Waals surface area (Å²) in [5.41, 5.74) is 2.90. The molecule has 0 spiro atoms. The number of aromatic nitrogens is 1. The second-order valence-electron chi connectivity index (χ2n) is 3.50. The Labute approximate surface area is 81.9 Å². The zero-order chi connectivity index (χ0) is 9.26. The van der Waals surface area contributed by atoms with Gasteiger partial charge in [-0.2, -0.15) is 0 Å². The number of hydrogen-bond donors (Lipinski definition) is 1. The van der Waals surface area contributed by atoms with Crippen LogP contribution in [0.15, 0.2) is 10.9 Å². The number of hydrogen-bond acceptors (Lipinski definition) is 3. The summed E-state index contributed by atoms with van der Waals surface area (Å²) in [6, 6.07) is 0. The minimum absolute atomic E-state index is 0.531. The molecule has 1 saturated carbocycles. The minimum atomic E-state index is 0.531. The largest absolute Gasteiger partial charge is 0.357 e. The van der Waals surface area contributed by atoms with Crippen LogP contribution >= 0.6 is 11.3 Å². The molecule has 0 amide bonds. The molecule has 1 aliphatic rings. The quantitative estimate of drug-likeness (QED) is 0.591. The Bertz CT molecular complexity index is 290. The van der Waals surface area contributed by atoms with Crippen LogP contribution < -0.4 is 0 Å². The van der Waals surface area contributed by atoms with Crippen molar-refractivity contribution in [2.75, 3.05) is 7.05 Å². The van der Waals surface area contributed by atoms with Gasteiger partial charge in [0.05, 0.1) is 23.6 Å². The van der Waals surface area contributed by atoms with E-state index in [9.17, 15) is 0 Å². The van der Waals surface area contributed by atoms with Gasteiger partial charge in [-0.25, -0.2) is 4.98 Å². The molecule has 0 unspecified atom stereocenters. The third kappa shape index (κ3) is 2.06. The molecule has 0 saturated heterocycles. The Morgan fingerprint density at radius 3 is 3.08 bits per heavy atom. The SMILES string of the molecule is CN(Cc1cscn1)C(=N)C1CC1. The van der Waals surface area contributed by atoms with E-state index in [4.69, 9.17) is 5.41 Å². The van der Waals surface area contributed by atoms with Crippen LogP contribution in [0.3, 0.4) is 0 Å². The molecule has 2 rings (SSSR count). The van der Waals surface area contributed by atoms with E-state index >= 15 is 0 Å². The molecule has 1 N–H and O–H groups in total. The molecule has 4 heteroatoms. The van der Waals surface area contributed by atoms with Gasteiger partial charge in [0.25, 0.3) is 0 Å². The van der Waals surface area contributed by atoms with E-state index < -0.39 is 0 Å². The molecule has 70 valence electrons. The maximum atomic E-state index is 7.82. The lowest BCUT2D eigenvalue weighted by molar-refractivity contribution is 0.475. The average Bonchev–Trinajstić information content (AvgIpc) is 2.85. The highest BCUT2D eigenvalue weighted by atomic mass is 32.1. The van der Waals surface area contributed by atoms with Crippen LogP contribution in [-0.2, 0) is 6.54 Å². The van der Waals surface area contributed by atoms with Gasteiger partial charge >= 0.3 is 0 Å². The van der Waals surface area contributed by atoms with Gasteiger partial charge in [-0.15, -0.1) is 11.3 Å². The molecule has 0 atom stereocenters. The maximum Gasteiger partial charge on any atom is 0.0990 e. The van der Waals surface area contributed by atoms with Crippen molar-refractivity contribution in [1.82, 2.24) is 9.88 Å². The van der Waals surface area contributed by atoms with E-state index in [1.165, 1.54) is 12.8 Å². The maximum absolute atomic E-state index is 7.82. The number of amidine groups is 1. The fourth-order valence-electron chi connectivity index (χ4n) is 1.31. The number of thiazole rings is 1. The van der Waals surface area contributed by atoms with E-state index in [1.807, 2.05) is 22.8 Å². The van der Waals surface area contributed by atoms with Gasteiger partial charge in [0.15, 0.2) is 0 Å². The van der Waals surface area contributed by atoms with Gasteiger partial charge in [0, 0.05) is 18.3 Å². The van der Waals surface area contributed by atoms with E-state index in [0.29, 0.717) is 5.92 Å². The molecular weight excluding hydrogens is 182 g/mol. The van der Waals surface area contributed by atoms with E-state index in [1.54, 1.807) is 11.3 Å². The van der Waals surface area contributed by atoms with E-state index in [0.717, 1.165) is 18.1 Å². The molecule has 0 radical (unpaired) electrons. The van der Waals surface area contributed by atoms with Crippen LogP contribution in [-0.4, -0.2) is 22.8 Å². The number of rotatable bonds is 3. The Morgan fingerprint density at radius 2 is 2.54 bits per heavy atom. The molecule has 1 aliphatic carbocycles. The molecule has 3 nitrogen and oxygen atoms in total. The first-order valence-corrected chi connectivity index (χ1v) is 5.38. The van der Waals surface area contributed by atoms with Gasteiger partial charge in [-0.3, -0.25) is 5.41 Å². The van der Waals surface area contributed by atoms with Crippen molar-refractivity contribution in [3.63, 3.8) is 0 Å².